The van der Waals surface area contributed by atoms with E-state index in [2.05, 4.69) is 85.0 Å². The SMILES string of the molecule is C1=CC(CP2[C@H](c3ccccc3)CC[C@H]2c2ccccc2)C=C1. The van der Waals surface area contributed by atoms with Crippen molar-refractivity contribution >= 4 is 7.92 Å². The second kappa shape index (κ2) is 6.85. The van der Waals surface area contributed by atoms with Crippen LogP contribution in [0.4, 0.5) is 0 Å². The summed E-state index contributed by atoms with van der Waals surface area (Å²) < 4.78 is 0. The predicted octanol–water partition coefficient (Wildman–Crippen LogP) is 6.49. The topological polar surface area (TPSA) is 0 Å². The fourth-order valence-electron chi connectivity index (χ4n) is 4.03. The van der Waals surface area contributed by atoms with Crippen molar-refractivity contribution in [3.63, 3.8) is 0 Å². The monoisotopic (exact) mass is 318 g/mol. The van der Waals surface area contributed by atoms with E-state index in [-0.39, 0.29) is 7.92 Å². The van der Waals surface area contributed by atoms with Gasteiger partial charge >= 0.3 is 0 Å². The van der Waals surface area contributed by atoms with Gasteiger partial charge in [-0.05, 0) is 36.0 Å². The van der Waals surface area contributed by atoms with E-state index < -0.39 is 0 Å². The third kappa shape index (κ3) is 3.19. The molecule has 2 aromatic carbocycles. The van der Waals surface area contributed by atoms with Crippen LogP contribution >= 0.6 is 7.92 Å². The molecule has 1 saturated heterocycles. The fraction of sp³-hybridized carbons (Fsp3) is 0.273. The van der Waals surface area contributed by atoms with Crippen LogP contribution in [-0.4, -0.2) is 6.16 Å². The van der Waals surface area contributed by atoms with Gasteiger partial charge in [-0.3, -0.25) is 0 Å². The van der Waals surface area contributed by atoms with E-state index >= 15 is 0 Å². The van der Waals surface area contributed by atoms with Crippen LogP contribution in [0.25, 0.3) is 0 Å². The maximum absolute atomic E-state index is 2.38. The van der Waals surface area contributed by atoms with Crippen LogP contribution in [-0.2, 0) is 0 Å². The largest absolute Gasteiger partial charge is 0.0904 e. The minimum absolute atomic E-state index is 0.0381. The van der Waals surface area contributed by atoms with Crippen molar-refractivity contribution in [1.82, 2.24) is 0 Å². The van der Waals surface area contributed by atoms with Crippen LogP contribution in [0.1, 0.15) is 35.3 Å². The van der Waals surface area contributed by atoms with Gasteiger partial charge in [0.15, 0.2) is 0 Å². The van der Waals surface area contributed by atoms with E-state index in [4.69, 9.17) is 0 Å². The maximum atomic E-state index is 2.38. The fourth-order valence-corrected chi connectivity index (χ4v) is 7.77. The Hall–Kier alpha value is -1.65. The van der Waals surface area contributed by atoms with Gasteiger partial charge in [0.2, 0.25) is 0 Å². The predicted molar refractivity (Wildman–Crippen MR) is 101 cm³/mol. The molecule has 0 spiro atoms. The van der Waals surface area contributed by atoms with Crippen molar-refractivity contribution in [3.8, 4) is 0 Å². The molecule has 1 aliphatic carbocycles. The summed E-state index contributed by atoms with van der Waals surface area (Å²) in [6.07, 6.45) is 13.2. The number of hydrogen-bond donors (Lipinski definition) is 0. The van der Waals surface area contributed by atoms with Gasteiger partial charge in [0.25, 0.3) is 0 Å². The highest BCUT2D eigenvalue weighted by atomic mass is 31.1. The smallest absolute Gasteiger partial charge is 0.00479 e. The van der Waals surface area contributed by atoms with Crippen molar-refractivity contribution in [2.24, 2.45) is 5.92 Å². The molecular formula is C22H23P. The first-order valence-corrected chi connectivity index (χ1v) is 10.3. The lowest BCUT2D eigenvalue weighted by atomic mass is 10.0. The molecule has 0 bridgehead atoms. The lowest BCUT2D eigenvalue weighted by Gasteiger charge is -2.28. The van der Waals surface area contributed by atoms with E-state index in [1.807, 2.05) is 0 Å². The van der Waals surface area contributed by atoms with Gasteiger partial charge < -0.3 is 0 Å². The highest BCUT2D eigenvalue weighted by Gasteiger charge is 2.37. The molecule has 116 valence electrons. The zero-order valence-electron chi connectivity index (χ0n) is 13.4. The molecule has 1 heterocycles. The first-order chi connectivity index (χ1) is 11.4. The Bertz CT molecular complexity index is 627. The Morgan fingerprint density at radius 2 is 1.17 bits per heavy atom. The van der Waals surface area contributed by atoms with Crippen LogP contribution in [0.15, 0.2) is 85.0 Å². The van der Waals surface area contributed by atoms with Crippen molar-refractivity contribution < 1.29 is 0 Å². The first kappa shape index (κ1) is 14.9. The molecule has 1 heteroatoms. The minimum atomic E-state index is -0.0381. The van der Waals surface area contributed by atoms with Gasteiger partial charge in [0.1, 0.15) is 0 Å². The Morgan fingerprint density at radius 1 is 0.696 bits per heavy atom. The van der Waals surface area contributed by atoms with Gasteiger partial charge in [-0.25, -0.2) is 0 Å². The summed E-state index contributed by atoms with van der Waals surface area (Å²) in [5.74, 6) is 0.650. The molecule has 2 aliphatic rings. The van der Waals surface area contributed by atoms with Crippen molar-refractivity contribution in [2.45, 2.75) is 24.2 Å². The second-order valence-electron chi connectivity index (χ2n) is 6.56. The summed E-state index contributed by atoms with van der Waals surface area (Å²) in [5, 5.41) is 0. The van der Waals surface area contributed by atoms with Crippen molar-refractivity contribution in [2.75, 3.05) is 6.16 Å². The molecule has 0 amide bonds. The highest BCUT2D eigenvalue weighted by molar-refractivity contribution is 7.58. The molecule has 2 atom stereocenters. The molecule has 0 unspecified atom stereocenters. The van der Waals surface area contributed by atoms with Crippen LogP contribution in [0.2, 0.25) is 0 Å². The van der Waals surface area contributed by atoms with Gasteiger partial charge in [-0.15, -0.1) is 0 Å². The van der Waals surface area contributed by atoms with Crippen molar-refractivity contribution in [3.05, 3.63) is 96.1 Å². The zero-order chi connectivity index (χ0) is 15.5. The molecule has 0 N–H and O–H groups in total. The van der Waals surface area contributed by atoms with Crippen molar-refractivity contribution in [1.29, 1.82) is 0 Å². The van der Waals surface area contributed by atoms with Gasteiger partial charge in [-0.2, -0.15) is 0 Å². The molecule has 0 aromatic heterocycles. The molecule has 0 nitrogen and oxygen atoms in total. The molecule has 2 aromatic rings. The third-order valence-electron chi connectivity index (χ3n) is 5.13. The zero-order valence-corrected chi connectivity index (χ0v) is 14.3. The van der Waals surface area contributed by atoms with E-state index in [1.54, 1.807) is 11.1 Å². The van der Waals surface area contributed by atoms with E-state index in [0.29, 0.717) is 5.92 Å². The average Bonchev–Trinajstić information content (AvgIpc) is 3.27. The summed E-state index contributed by atoms with van der Waals surface area (Å²) in [6.45, 7) is 0. The maximum Gasteiger partial charge on any atom is 0.00479 e. The van der Waals surface area contributed by atoms with E-state index in [9.17, 15) is 0 Å². The highest BCUT2D eigenvalue weighted by Crippen LogP contribution is 2.70. The number of hydrogen-bond acceptors (Lipinski definition) is 0. The van der Waals surface area contributed by atoms with Gasteiger partial charge in [0.05, 0.1) is 0 Å². The van der Waals surface area contributed by atoms with Gasteiger partial charge in [0, 0.05) is 11.3 Å². The summed E-state index contributed by atoms with van der Waals surface area (Å²) in [6, 6.07) is 22.4. The summed E-state index contributed by atoms with van der Waals surface area (Å²) in [4.78, 5) is 0. The minimum Gasteiger partial charge on any atom is -0.0904 e. The summed E-state index contributed by atoms with van der Waals surface area (Å²) in [7, 11) is -0.0381. The Morgan fingerprint density at radius 3 is 1.65 bits per heavy atom. The summed E-state index contributed by atoms with van der Waals surface area (Å²) >= 11 is 0. The first-order valence-electron chi connectivity index (χ1n) is 8.62. The normalized spacial score (nSPS) is 24.5. The number of benzene rings is 2. The van der Waals surface area contributed by atoms with Crippen LogP contribution < -0.4 is 0 Å². The van der Waals surface area contributed by atoms with E-state index in [0.717, 1.165) is 11.3 Å². The quantitative estimate of drug-likeness (QED) is 0.565. The molecular weight excluding hydrogens is 295 g/mol. The Kier molecular flexibility index (Phi) is 4.44. The average molecular weight is 318 g/mol. The molecule has 0 saturated carbocycles. The van der Waals surface area contributed by atoms with Crippen LogP contribution in [0, 0.1) is 5.92 Å². The number of allylic oxidation sites excluding steroid dienone is 4. The third-order valence-corrected chi connectivity index (χ3v) is 8.69. The van der Waals surface area contributed by atoms with Gasteiger partial charge in [-0.1, -0.05) is 92.9 Å². The molecule has 1 fully saturated rings. The van der Waals surface area contributed by atoms with Crippen LogP contribution in [0.3, 0.4) is 0 Å². The molecule has 0 radical (unpaired) electrons. The van der Waals surface area contributed by atoms with E-state index in [1.165, 1.54) is 19.0 Å². The second-order valence-corrected chi connectivity index (χ2v) is 9.20. The Balaban J connectivity index is 1.64. The lowest BCUT2D eigenvalue weighted by Crippen LogP contribution is -2.03. The molecule has 23 heavy (non-hydrogen) atoms. The van der Waals surface area contributed by atoms with Crippen LogP contribution in [0.5, 0.6) is 0 Å². The Labute approximate surface area is 140 Å². The standard InChI is InChI=1S/C22H23P/c1-3-11-19(12-4-1)21-15-16-22(20-13-5-2-6-14-20)23(21)17-18-9-7-8-10-18/h1-14,18,21-22H,15-17H2/t21-,22-/m0/s1. The molecule has 1 aliphatic heterocycles. The number of rotatable bonds is 4. The molecule has 4 rings (SSSR count). The lowest BCUT2D eigenvalue weighted by molar-refractivity contribution is 0.765. The summed E-state index contributed by atoms with van der Waals surface area (Å²) in [5.41, 5.74) is 4.64.